The van der Waals surface area contributed by atoms with Gasteiger partial charge in [-0.15, -0.1) is 0 Å². The number of pyridine rings is 1. The SMILES string of the molecule is O=C(NC(Cc1ccccc1)CC(F)(F)F)c1cnc2c(F)c(F)ccc2c1. The van der Waals surface area contributed by atoms with Crippen LogP contribution in [0.2, 0.25) is 0 Å². The Hall–Kier alpha value is -3.03. The maximum Gasteiger partial charge on any atom is 0.391 e. The fraction of sp³-hybridized carbons (Fsp3) is 0.200. The molecular formula is C20H15F5N2O. The number of carbonyl (C=O) groups is 1. The second kappa shape index (κ2) is 7.92. The molecule has 1 heterocycles. The highest BCUT2D eigenvalue weighted by Gasteiger charge is 2.33. The van der Waals surface area contributed by atoms with Crippen molar-refractivity contribution in [1.29, 1.82) is 0 Å². The van der Waals surface area contributed by atoms with E-state index < -0.39 is 36.2 Å². The number of halogens is 5. The van der Waals surface area contributed by atoms with Crippen molar-refractivity contribution in [2.24, 2.45) is 0 Å². The van der Waals surface area contributed by atoms with Gasteiger partial charge in [-0.1, -0.05) is 30.3 Å². The normalized spacial score (nSPS) is 12.8. The van der Waals surface area contributed by atoms with Gasteiger partial charge in [-0.3, -0.25) is 9.78 Å². The number of alkyl halides is 3. The van der Waals surface area contributed by atoms with Crippen LogP contribution in [0.15, 0.2) is 54.7 Å². The van der Waals surface area contributed by atoms with Crippen molar-refractivity contribution >= 4 is 16.8 Å². The first kappa shape index (κ1) is 19.7. The average molecular weight is 394 g/mol. The minimum atomic E-state index is -4.46. The fourth-order valence-electron chi connectivity index (χ4n) is 2.89. The molecule has 0 saturated carbocycles. The van der Waals surface area contributed by atoms with Crippen molar-refractivity contribution in [3.8, 4) is 0 Å². The van der Waals surface area contributed by atoms with E-state index in [0.29, 0.717) is 5.56 Å². The first-order valence-corrected chi connectivity index (χ1v) is 8.38. The van der Waals surface area contributed by atoms with Gasteiger partial charge >= 0.3 is 6.18 Å². The number of hydrogen-bond donors (Lipinski definition) is 1. The lowest BCUT2D eigenvalue weighted by Gasteiger charge is -2.20. The molecule has 0 spiro atoms. The van der Waals surface area contributed by atoms with Crippen LogP contribution in [-0.4, -0.2) is 23.1 Å². The lowest BCUT2D eigenvalue weighted by atomic mass is 10.0. The number of hydrogen-bond acceptors (Lipinski definition) is 2. The smallest absolute Gasteiger partial charge is 0.349 e. The Morgan fingerprint density at radius 3 is 2.46 bits per heavy atom. The lowest BCUT2D eigenvalue weighted by Crippen LogP contribution is -2.39. The number of benzene rings is 2. The quantitative estimate of drug-likeness (QED) is 0.632. The minimum Gasteiger partial charge on any atom is -0.349 e. The molecule has 0 saturated heterocycles. The second-order valence-corrected chi connectivity index (χ2v) is 6.34. The van der Waals surface area contributed by atoms with Crippen molar-refractivity contribution in [3.63, 3.8) is 0 Å². The summed E-state index contributed by atoms with van der Waals surface area (Å²) in [5.41, 5.74) is 0.345. The Morgan fingerprint density at radius 1 is 1.07 bits per heavy atom. The Morgan fingerprint density at radius 2 is 1.79 bits per heavy atom. The maximum atomic E-state index is 13.7. The number of amides is 1. The molecule has 1 amide bonds. The number of rotatable bonds is 5. The van der Waals surface area contributed by atoms with E-state index in [4.69, 9.17) is 0 Å². The van der Waals surface area contributed by atoms with Gasteiger partial charge in [0.15, 0.2) is 11.6 Å². The molecule has 3 nitrogen and oxygen atoms in total. The Kier molecular flexibility index (Phi) is 5.58. The predicted molar refractivity (Wildman–Crippen MR) is 93.7 cm³/mol. The summed E-state index contributed by atoms with van der Waals surface area (Å²) >= 11 is 0. The number of carbonyl (C=O) groups excluding carboxylic acids is 1. The largest absolute Gasteiger partial charge is 0.391 e. The van der Waals surface area contributed by atoms with Gasteiger partial charge in [0, 0.05) is 17.6 Å². The van der Waals surface area contributed by atoms with Crippen LogP contribution < -0.4 is 5.32 Å². The van der Waals surface area contributed by atoms with Crippen molar-refractivity contribution in [1.82, 2.24) is 10.3 Å². The summed E-state index contributed by atoms with van der Waals surface area (Å²) < 4.78 is 65.7. The molecular weight excluding hydrogens is 379 g/mol. The molecule has 1 aromatic heterocycles. The van der Waals surface area contributed by atoms with Crippen molar-refractivity contribution in [2.45, 2.75) is 25.1 Å². The zero-order valence-electron chi connectivity index (χ0n) is 14.4. The molecule has 146 valence electrons. The summed E-state index contributed by atoms with van der Waals surface area (Å²) in [5.74, 6) is -3.00. The van der Waals surface area contributed by atoms with E-state index in [9.17, 15) is 26.7 Å². The van der Waals surface area contributed by atoms with Gasteiger partial charge < -0.3 is 5.32 Å². The fourth-order valence-corrected chi connectivity index (χ4v) is 2.89. The number of nitrogens with zero attached hydrogens (tertiary/aromatic N) is 1. The lowest BCUT2D eigenvalue weighted by molar-refractivity contribution is -0.139. The van der Waals surface area contributed by atoms with Crippen molar-refractivity contribution in [2.75, 3.05) is 0 Å². The van der Waals surface area contributed by atoms with Crippen LogP contribution in [0.5, 0.6) is 0 Å². The van der Waals surface area contributed by atoms with Crippen molar-refractivity contribution < 1.29 is 26.7 Å². The van der Waals surface area contributed by atoms with E-state index in [0.717, 1.165) is 12.3 Å². The first-order valence-electron chi connectivity index (χ1n) is 8.38. The highest BCUT2D eigenvalue weighted by molar-refractivity contribution is 5.97. The van der Waals surface area contributed by atoms with Crippen LogP contribution in [0.1, 0.15) is 22.3 Å². The Balaban J connectivity index is 1.82. The molecule has 1 unspecified atom stereocenters. The first-order chi connectivity index (χ1) is 13.2. The summed E-state index contributed by atoms with van der Waals surface area (Å²) in [6, 6.07) is 10.7. The van der Waals surface area contributed by atoms with Gasteiger partial charge in [0.05, 0.1) is 12.0 Å². The van der Waals surface area contributed by atoms with Gasteiger partial charge in [-0.25, -0.2) is 8.78 Å². The van der Waals surface area contributed by atoms with Crippen LogP contribution in [0.4, 0.5) is 22.0 Å². The number of aromatic nitrogens is 1. The molecule has 3 rings (SSSR count). The molecule has 1 N–H and O–H groups in total. The summed E-state index contributed by atoms with van der Waals surface area (Å²) in [4.78, 5) is 16.2. The molecule has 2 aromatic carbocycles. The maximum absolute atomic E-state index is 13.7. The van der Waals surface area contributed by atoms with E-state index in [-0.39, 0.29) is 22.9 Å². The Labute approximate surface area is 157 Å². The van der Waals surface area contributed by atoms with Crippen LogP contribution in [-0.2, 0) is 6.42 Å². The molecule has 0 aliphatic heterocycles. The molecule has 0 radical (unpaired) electrons. The van der Waals surface area contributed by atoms with E-state index in [2.05, 4.69) is 10.3 Å². The standard InChI is InChI=1S/C20H15F5N2O/c21-16-7-6-13-9-14(11-26-18(13)17(16)22)19(28)27-15(10-20(23,24)25)8-12-4-2-1-3-5-12/h1-7,9,11,15H,8,10H2,(H,27,28). The van der Waals surface area contributed by atoms with Crippen molar-refractivity contribution in [3.05, 3.63) is 77.5 Å². The molecule has 0 fully saturated rings. The van der Waals surface area contributed by atoms with E-state index in [1.807, 2.05) is 0 Å². The summed E-state index contributed by atoms with van der Waals surface area (Å²) in [6.07, 6.45) is -4.66. The van der Waals surface area contributed by atoms with E-state index in [1.165, 1.54) is 12.1 Å². The zero-order valence-corrected chi connectivity index (χ0v) is 14.4. The van der Waals surface area contributed by atoms with Crippen LogP contribution >= 0.6 is 0 Å². The third kappa shape index (κ3) is 4.82. The van der Waals surface area contributed by atoms with Crippen LogP contribution in [0.3, 0.4) is 0 Å². The second-order valence-electron chi connectivity index (χ2n) is 6.34. The third-order valence-electron chi connectivity index (χ3n) is 4.14. The zero-order chi connectivity index (χ0) is 20.3. The molecule has 8 heteroatoms. The molecule has 3 aromatic rings. The van der Waals surface area contributed by atoms with Gasteiger partial charge in [-0.05, 0) is 30.2 Å². The van der Waals surface area contributed by atoms with Crippen LogP contribution in [0, 0.1) is 11.6 Å². The number of nitrogens with one attached hydrogen (secondary N) is 1. The highest BCUT2D eigenvalue weighted by Crippen LogP contribution is 2.24. The van der Waals surface area contributed by atoms with E-state index >= 15 is 0 Å². The summed E-state index contributed by atoms with van der Waals surface area (Å²) in [6.45, 7) is 0. The molecule has 0 bridgehead atoms. The topological polar surface area (TPSA) is 42.0 Å². The van der Waals surface area contributed by atoms with Gasteiger partial charge in [0.25, 0.3) is 5.91 Å². The molecule has 1 atom stereocenters. The average Bonchev–Trinajstić information content (AvgIpc) is 2.64. The minimum absolute atomic E-state index is 0.00700. The monoisotopic (exact) mass is 394 g/mol. The molecule has 0 aliphatic rings. The highest BCUT2D eigenvalue weighted by atomic mass is 19.4. The third-order valence-corrected chi connectivity index (χ3v) is 4.14. The van der Waals surface area contributed by atoms with E-state index in [1.54, 1.807) is 30.3 Å². The van der Waals surface area contributed by atoms with Crippen LogP contribution in [0.25, 0.3) is 10.9 Å². The predicted octanol–water partition coefficient (Wildman–Crippen LogP) is 4.81. The molecule has 28 heavy (non-hydrogen) atoms. The number of fused-ring (bicyclic) bond motifs is 1. The van der Waals surface area contributed by atoms with Gasteiger partial charge in [0.2, 0.25) is 0 Å². The summed E-state index contributed by atoms with van der Waals surface area (Å²) in [7, 11) is 0. The van der Waals surface area contributed by atoms with Gasteiger partial charge in [-0.2, -0.15) is 13.2 Å². The molecule has 0 aliphatic carbocycles. The summed E-state index contributed by atoms with van der Waals surface area (Å²) in [5, 5.41) is 2.53. The van der Waals surface area contributed by atoms with Gasteiger partial charge in [0.1, 0.15) is 5.52 Å². The Bertz CT molecular complexity index is 989.